The Labute approximate surface area is 148 Å². The largest absolute Gasteiger partial charge is 0.363 e. The van der Waals surface area contributed by atoms with E-state index in [4.69, 9.17) is 0 Å². The molecule has 2 N–H and O–H groups in total. The van der Waals surface area contributed by atoms with Crippen LogP contribution < -0.4 is 15.5 Å². The zero-order valence-corrected chi connectivity index (χ0v) is 15.9. The van der Waals surface area contributed by atoms with Crippen LogP contribution in [0.3, 0.4) is 0 Å². The number of hydrogen-bond donors (Lipinski definition) is 2. The smallest absolute Gasteiger partial charge is 0.191 e. The highest BCUT2D eigenvalue weighted by atomic mass is 32.1. The van der Waals surface area contributed by atoms with Crippen LogP contribution in [0.25, 0.3) is 0 Å². The molecule has 0 aliphatic heterocycles. The van der Waals surface area contributed by atoms with Gasteiger partial charge in [0.15, 0.2) is 5.96 Å². The third kappa shape index (κ3) is 5.19. The molecule has 24 heavy (non-hydrogen) atoms. The normalized spacial score (nSPS) is 11.5. The number of pyridine rings is 1. The lowest BCUT2D eigenvalue weighted by atomic mass is 10.2. The van der Waals surface area contributed by atoms with Crippen LogP contribution in [0.2, 0.25) is 0 Å². The summed E-state index contributed by atoms with van der Waals surface area (Å²) < 4.78 is 0. The second-order valence-electron chi connectivity index (χ2n) is 5.71. The van der Waals surface area contributed by atoms with Crippen molar-refractivity contribution in [2.24, 2.45) is 4.99 Å². The van der Waals surface area contributed by atoms with E-state index >= 15 is 0 Å². The van der Waals surface area contributed by atoms with Crippen LogP contribution in [-0.2, 0) is 13.1 Å². The van der Waals surface area contributed by atoms with Gasteiger partial charge in [-0.05, 0) is 38.5 Å². The highest BCUT2D eigenvalue weighted by molar-refractivity contribution is 7.11. The summed E-state index contributed by atoms with van der Waals surface area (Å²) in [5.74, 6) is 1.75. The number of anilines is 1. The Bertz CT molecular complexity index is 692. The monoisotopic (exact) mass is 346 g/mol. The van der Waals surface area contributed by atoms with Gasteiger partial charge in [-0.2, -0.15) is 0 Å². The van der Waals surface area contributed by atoms with Gasteiger partial charge in [0.25, 0.3) is 0 Å². The molecule has 0 atom stereocenters. The lowest BCUT2D eigenvalue weighted by molar-refractivity contribution is 0.818. The SMILES string of the molecule is CCNC(=NCc1ccnc(N(C)C)c1)NCc1sc(C)nc1C. The molecule has 6 nitrogen and oxygen atoms in total. The van der Waals surface area contributed by atoms with Gasteiger partial charge in [-0.1, -0.05) is 0 Å². The number of nitrogens with one attached hydrogen (secondary N) is 2. The van der Waals surface area contributed by atoms with Crippen LogP contribution in [0.5, 0.6) is 0 Å². The maximum absolute atomic E-state index is 4.67. The molecule has 2 aromatic rings. The first-order valence-electron chi connectivity index (χ1n) is 8.07. The first kappa shape index (κ1) is 18.2. The molecule has 0 aliphatic rings. The van der Waals surface area contributed by atoms with Crippen molar-refractivity contribution >= 4 is 23.1 Å². The number of aliphatic imine (C=N–C) groups is 1. The lowest BCUT2D eigenvalue weighted by Gasteiger charge is -2.13. The number of rotatable bonds is 6. The predicted molar refractivity (Wildman–Crippen MR) is 102 cm³/mol. The zero-order valence-electron chi connectivity index (χ0n) is 15.1. The molecule has 0 saturated carbocycles. The second-order valence-corrected chi connectivity index (χ2v) is 6.99. The first-order chi connectivity index (χ1) is 11.5. The van der Waals surface area contributed by atoms with Crippen molar-refractivity contribution in [1.29, 1.82) is 0 Å². The van der Waals surface area contributed by atoms with Gasteiger partial charge in [-0.3, -0.25) is 0 Å². The molecule has 2 heterocycles. The minimum Gasteiger partial charge on any atom is -0.363 e. The van der Waals surface area contributed by atoms with Crippen LogP contribution in [0.1, 0.15) is 28.1 Å². The Morgan fingerprint density at radius 1 is 1.29 bits per heavy atom. The summed E-state index contributed by atoms with van der Waals surface area (Å²) in [6.45, 7) is 8.32. The second kappa shape index (κ2) is 8.63. The first-order valence-corrected chi connectivity index (χ1v) is 8.88. The summed E-state index contributed by atoms with van der Waals surface area (Å²) in [7, 11) is 3.97. The molecule has 2 aromatic heterocycles. The van der Waals surface area contributed by atoms with Crippen LogP contribution in [0, 0.1) is 13.8 Å². The summed E-state index contributed by atoms with van der Waals surface area (Å²) in [6.07, 6.45) is 1.82. The fourth-order valence-corrected chi connectivity index (χ4v) is 3.09. The zero-order chi connectivity index (χ0) is 17.5. The summed E-state index contributed by atoms with van der Waals surface area (Å²) in [5, 5.41) is 7.76. The van der Waals surface area contributed by atoms with Gasteiger partial charge < -0.3 is 15.5 Å². The van der Waals surface area contributed by atoms with Crippen molar-refractivity contribution in [3.05, 3.63) is 39.5 Å². The van der Waals surface area contributed by atoms with Crippen molar-refractivity contribution in [1.82, 2.24) is 20.6 Å². The van der Waals surface area contributed by atoms with E-state index in [1.807, 2.05) is 45.1 Å². The summed E-state index contributed by atoms with van der Waals surface area (Å²) in [5.41, 5.74) is 2.22. The third-order valence-corrected chi connectivity index (χ3v) is 4.52. The Kier molecular flexibility index (Phi) is 6.54. The van der Waals surface area contributed by atoms with Gasteiger partial charge in [0, 0.05) is 31.7 Å². The third-order valence-electron chi connectivity index (χ3n) is 3.45. The van der Waals surface area contributed by atoms with E-state index in [0.717, 1.165) is 41.1 Å². The minimum atomic E-state index is 0.611. The van der Waals surface area contributed by atoms with Gasteiger partial charge in [0.05, 0.1) is 23.8 Å². The molecule has 0 spiro atoms. The maximum atomic E-state index is 4.67. The average Bonchev–Trinajstić information content (AvgIpc) is 2.88. The number of aromatic nitrogens is 2. The van der Waals surface area contributed by atoms with E-state index in [-0.39, 0.29) is 0 Å². The lowest BCUT2D eigenvalue weighted by Crippen LogP contribution is -2.36. The van der Waals surface area contributed by atoms with E-state index < -0.39 is 0 Å². The maximum Gasteiger partial charge on any atom is 0.191 e. The van der Waals surface area contributed by atoms with Gasteiger partial charge in [0.2, 0.25) is 0 Å². The molecule has 7 heteroatoms. The van der Waals surface area contributed by atoms with Crippen molar-refractivity contribution in [3.63, 3.8) is 0 Å². The Balaban J connectivity index is 2.02. The minimum absolute atomic E-state index is 0.611. The van der Waals surface area contributed by atoms with Gasteiger partial charge in [0.1, 0.15) is 5.82 Å². The highest BCUT2D eigenvalue weighted by Gasteiger charge is 2.06. The molecule has 0 bridgehead atoms. The highest BCUT2D eigenvalue weighted by Crippen LogP contribution is 2.16. The van der Waals surface area contributed by atoms with Crippen LogP contribution in [-0.4, -0.2) is 36.6 Å². The summed E-state index contributed by atoms with van der Waals surface area (Å²) in [4.78, 5) is 16.7. The number of thiazole rings is 1. The van der Waals surface area contributed by atoms with E-state index in [1.54, 1.807) is 11.3 Å². The van der Waals surface area contributed by atoms with Crippen molar-refractivity contribution in [3.8, 4) is 0 Å². The van der Waals surface area contributed by atoms with E-state index in [0.29, 0.717) is 6.54 Å². The van der Waals surface area contributed by atoms with Crippen LogP contribution in [0.15, 0.2) is 23.3 Å². The molecular weight excluding hydrogens is 320 g/mol. The number of guanidine groups is 1. The van der Waals surface area contributed by atoms with E-state index in [2.05, 4.69) is 38.6 Å². The molecule has 2 rings (SSSR count). The Morgan fingerprint density at radius 3 is 2.71 bits per heavy atom. The molecule has 0 saturated heterocycles. The number of aryl methyl sites for hydroxylation is 2. The van der Waals surface area contributed by atoms with Gasteiger partial charge in [-0.15, -0.1) is 11.3 Å². The Morgan fingerprint density at radius 2 is 2.08 bits per heavy atom. The van der Waals surface area contributed by atoms with Gasteiger partial charge >= 0.3 is 0 Å². The number of nitrogens with zero attached hydrogens (tertiary/aromatic N) is 4. The van der Waals surface area contributed by atoms with Crippen molar-refractivity contribution in [2.75, 3.05) is 25.5 Å². The van der Waals surface area contributed by atoms with Crippen molar-refractivity contribution in [2.45, 2.75) is 33.9 Å². The van der Waals surface area contributed by atoms with Crippen LogP contribution in [0.4, 0.5) is 5.82 Å². The topological polar surface area (TPSA) is 65.4 Å². The molecule has 0 fully saturated rings. The molecule has 130 valence electrons. The van der Waals surface area contributed by atoms with Crippen LogP contribution >= 0.6 is 11.3 Å². The molecule has 0 amide bonds. The fraction of sp³-hybridized carbons (Fsp3) is 0.471. The molecule has 0 unspecified atom stereocenters. The molecule has 0 aliphatic carbocycles. The average molecular weight is 347 g/mol. The molecular formula is C17H26N6S. The molecule has 0 radical (unpaired) electrons. The summed E-state index contributed by atoms with van der Waals surface area (Å²) >= 11 is 1.72. The predicted octanol–water partition coefficient (Wildman–Crippen LogP) is 2.48. The summed E-state index contributed by atoms with van der Waals surface area (Å²) in [6, 6.07) is 4.06. The molecule has 0 aromatic carbocycles. The quantitative estimate of drug-likeness (QED) is 0.621. The Hall–Kier alpha value is -2.15. The van der Waals surface area contributed by atoms with Gasteiger partial charge in [-0.25, -0.2) is 15.0 Å². The fourth-order valence-electron chi connectivity index (χ4n) is 2.22. The number of hydrogen-bond acceptors (Lipinski definition) is 5. The van der Waals surface area contributed by atoms with E-state index in [9.17, 15) is 0 Å². The standard InChI is InChI=1S/C17H26N6S/c1-6-18-17(21-11-15-12(2)22-13(3)24-15)20-10-14-7-8-19-16(9-14)23(4)5/h7-9H,6,10-11H2,1-5H3,(H2,18,20,21). The van der Waals surface area contributed by atoms with E-state index in [1.165, 1.54) is 4.88 Å². The van der Waals surface area contributed by atoms with Crippen molar-refractivity contribution < 1.29 is 0 Å².